The van der Waals surface area contributed by atoms with Crippen molar-refractivity contribution >= 4 is 15.7 Å². The van der Waals surface area contributed by atoms with Crippen LogP contribution in [0.25, 0.3) is 0 Å². The molecule has 1 N–H and O–H groups in total. The predicted molar refractivity (Wildman–Crippen MR) is 82.4 cm³/mol. The van der Waals surface area contributed by atoms with Gasteiger partial charge in [-0.05, 0) is 49.9 Å². The van der Waals surface area contributed by atoms with Gasteiger partial charge in [0.05, 0.1) is 4.90 Å². The average Bonchev–Trinajstić information content (AvgIpc) is 2.48. The maximum absolute atomic E-state index is 12.6. The Bertz CT molecular complexity index is 525. The number of anilines is 1. The van der Waals surface area contributed by atoms with Crippen LogP contribution in [0.1, 0.15) is 33.1 Å². The Labute approximate surface area is 122 Å². The molecule has 112 valence electrons. The third kappa shape index (κ3) is 3.33. The molecule has 0 spiro atoms. The zero-order valence-corrected chi connectivity index (χ0v) is 13.1. The van der Waals surface area contributed by atoms with E-state index in [4.69, 9.17) is 0 Å². The van der Waals surface area contributed by atoms with Crippen molar-refractivity contribution in [3.8, 4) is 0 Å². The van der Waals surface area contributed by atoms with Crippen LogP contribution >= 0.6 is 0 Å². The van der Waals surface area contributed by atoms with E-state index in [-0.39, 0.29) is 0 Å². The summed E-state index contributed by atoms with van der Waals surface area (Å²) in [5.74, 6) is 0.500. The number of sulfonamides is 1. The molecule has 0 aliphatic carbocycles. The summed E-state index contributed by atoms with van der Waals surface area (Å²) in [6, 6.07) is 7.06. The van der Waals surface area contributed by atoms with Crippen molar-refractivity contribution in [3.05, 3.63) is 24.3 Å². The number of rotatable bonds is 5. The molecular formula is C15H24N2O2S. The van der Waals surface area contributed by atoms with Gasteiger partial charge in [-0.15, -0.1) is 0 Å². The maximum atomic E-state index is 12.6. The summed E-state index contributed by atoms with van der Waals surface area (Å²) in [4.78, 5) is 0.399. The van der Waals surface area contributed by atoms with Gasteiger partial charge in [0.1, 0.15) is 0 Å². The molecule has 20 heavy (non-hydrogen) atoms. The lowest BCUT2D eigenvalue weighted by Gasteiger charge is -2.31. The Morgan fingerprint density at radius 2 is 1.95 bits per heavy atom. The third-order valence-electron chi connectivity index (χ3n) is 3.93. The molecule has 0 aromatic heterocycles. The van der Waals surface area contributed by atoms with Crippen molar-refractivity contribution < 1.29 is 8.42 Å². The first-order chi connectivity index (χ1) is 9.57. The van der Waals surface area contributed by atoms with Crippen LogP contribution in [-0.4, -0.2) is 32.4 Å². The molecule has 1 saturated heterocycles. The van der Waals surface area contributed by atoms with Crippen LogP contribution in [0.5, 0.6) is 0 Å². The molecule has 1 aliphatic rings. The first-order valence-electron chi connectivity index (χ1n) is 7.42. The van der Waals surface area contributed by atoms with E-state index >= 15 is 0 Å². The molecule has 2 rings (SSSR count). The number of benzene rings is 1. The molecule has 5 heteroatoms. The van der Waals surface area contributed by atoms with E-state index in [0.717, 1.165) is 31.5 Å². The number of piperidine rings is 1. The molecule has 4 nitrogen and oxygen atoms in total. The third-order valence-corrected chi connectivity index (χ3v) is 5.81. The summed E-state index contributed by atoms with van der Waals surface area (Å²) in [6.45, 7) is 6.28. The van der Waals surface area contributed by atoms with E-state index in [0.29, 0.717) is 23.9 Å². The van der Waals surface area contributed by atoms with Crippen molar-refractivity contribution in [1.29, 1.82) is 0 Å². The highest BCUT2D eigenvalue weighted by Gasteiger charge is 2.29. The van der Waals surface area contributed by atoms with E-state index in [1.165, 1.54) is 0 Å². The zero-order valence-electron chi connectivity index (χ0n) is 12.3. The largest absolute Gasteiger partial charge is 0.385 e. The van der Waals surface area contributed by atoms with Gasteiger partial charge in [-0.2, -0.15) is 4.31 Å². The van der Waals surface area contributed by atoms with Crippen molar-refractivity contribution in [3.63, 3.8) is 0 Å². The summed E-state index contributed by atoms with van der Waals surface area (Å²) in [6.07, 6.45) is 3.15. The topological polar surface area (TPSA) is 49.4 Å². The van der Waals surface area contributed by atoms with Gasteiger partial charge < -0.3 is 5.32 Å². The fourth-order valence-electron chi connectivity index (χ4n) is 2.68. The van der Waals surface area contributed by atoms with E-state index in [2.05, 4.69) is 12.2 Å². The Kier molecular flexibility index (Phi) is 5.05. The molecule has 0 bridgehead atoms. The lowest BCUT2D eigenvalue weighted by atomic mass is 9.97. The van der Waals surface area contributed by atoms with Gasteiger partial charge in [0.25, 0.3) is 0 Å². The molecule has 1 aromatic carbocycles. The Balaban J connectivity index is 2.16. The minimum Gasteiger partial charge on any atom is -0.385 e. The zero-order chi connectivity index (χ0) is 14.6. The Morgan fingerprint density at radius 3 is 2.55 bits per heavy atom. The van der Waals surface area contributed by atoms with Crippen LogP contribution < -0.4 is 5.32 Å². The average molecular weight is 296 g/mol. The minimum absolute atomic E-state index is 0.399. The SMILES string of the molecule is CCNc1ccc(S(=O)(=O)N2CCCC(CC)C2)cc1. The quantitative estimate of drug-likeness (QED) is 0.909. The monoisotopic (exact) mass is 296 g/mol. The highest BCUT2D eigenvalue weighted by molar-refractivity contribution is 7.89. The lowest BCUT2D eigenvalue weighted by molar-refractivity contribution is 0.261. The second kappa shape index (κ2) is 6.59. The molecule has 1 fully saturated rings. The van der Waals surface area contributed by atoms with Crippen LogP contribution in [0.4, 0.5) is 5.69 Å². The first-order valence-corrected chi connectivity index (χ1v) is 8.86. The fourth-order valence-corrected chi connectivity index (χ4v) is 4.23. The normalized spacial score (nSPS) is 20.8. The van der Waals surface area contributed by atoms with E-state index in [9.17, 15) is 8.42 Å². The Hall–Kier alpha value is -1.07. The molecular weight excluding hydrogens is 272 g/mol. The standard InChI is InChI=1S/C15H24N2O2S/c1-3-13-6-5-11-17(12-13)20(18,19)15-9-7-14(8-10-15)16-4-2/h7-10,13,16H,3-6,11-12H2,1-2H3. The molecule has 0 radical (unpaired) electrons. The lowest BCUT2D eigenvalue weighted by Crippen LogP contribution is -2.39. The molecule has 1 heterocycles. The van der Waals surface area contributed by atoms with Crippen LogP contribution in [-0.2, 0) is 10.0 Å². The summed E-state index contributed by atoms with van der Waals surface area (Å²) in [7, 11) is -3.33. The van der Waals surface area contributed by atoms with Crippen LogP contribution in [0.2, 0.25) is 0 Å². The van der Waals surface area contributed by atoms with Gasteiger partial charge in [0.2, 0.25) is 10.0 Å². The first kappa shape index (κ1) is 15.3. The second-order valence-electron chi connectivity index (χ2n) is 5.33. The van der Waals surface area contributed by atoms with Gasteiger partial charge in [0, 0.05) is 25.3 Å². The summed E-state index contributed by atoms with van der Waals surface area (Å²) in [5.41, 5.74) is 0.955. The maximum Gasteiger partial charge on any atom is 0.243 e. The fraction of sp³-hybridized carbons (Fsp3) is 0.600. The molecule has 1 atom stereocenters. The van der Waals surface area contributed by atoms with Crippen LogP contribution in [0.3, 0.4) is 0 Å². The van der Waals surface area contributed by atoms with Gasteiger partial charge in [-0.3, -0.25) is 0 Å². The van der Waals surface area contributed by atoms with Crippen molar-refractivity contribution in [2.75, 3.05) is 25.0 Å². The van der Waals surface area contributed by atoms with E-state index in [1.807, 2.05) is 19.1 Å². The van der Waals surface area contributed by atoms with Crippen molar-refractivity contribution in [2.24, 2.45) is 5.92 Å². The summed E-state index contributed by atoms with van der Waals surface area (Å²) < 4.78 is 26.9. The summed E-state index contributed by atoms with van der Waals surface area (Å²) >= 11 is 0. The van der Waals surface area contributed by atoms with E-state index < -0.39 is 10.0 Å². The molecule has 0 amide bonds. The van der Waals surface area contributed by atoms with Gasteiger partial charge in [-0.1, -0.05) is 13.3 Å². The van der Waals surface area contributed by atoms with E-state index in [1.54, 1.807) is 16.4 Å². The number of nitrogens with one attached hydrogen (secondary N) is 1. The van der Waals surface area contributed by atoms with Crippen LogP contribution in [0, 0.1) is 5.92 Å². The Morgan fingerprint density at radius 1 is 1.25 bits per heavy atom. The number of hydrogen-bond donors (Lipinski definition) is 1. The highest BCUT2D eigenvalue weighted by Crippen LogP contribution is 2.25. The van der Waals surface area contributed by atoms with Gasteiger partial charge in [-0.25, -0.2) is 8.42 Å². The van der Waals surface area contributed by atoms with Crippen LogP contribution in [0.15, 0.2) is 29.2 Å². The highest BCUT2D eigenvalue weighted by atomic mass is 32.2. The summed E-state index contributed by atoms with van der Waals surface area (Å²) in [5, 5.41) is 3.17. The van der Waals surface area contributed by atoms with Gasteiger partial charge in [0.15, 0.2) is 0 Å². The number of hydrogen-bond acceptors (Lipinski definition) is 3. The van der Waals surface area contributed by atoms with Gasteiger partial charge >= 0.3 is 0 Å². The molecule has 1 aromatic rings. The van der Waals surface area contributed by atoms with Crippen molar-refractivity contribution in [1.82, 2.24) is 4.31 Å². The van der Waals surface area contributed by atoms with Crippen molar-refractivity contribution in [2.45, 2.75) is 38.0 Å². The molecule has 1 unspecified atom stereocenters. The predicted octanol–water partition coefficient (Wildman–Crippen LogP) is 2.93. The molecule has 0 saturated carbocycles. The number of nitrogens with zero attached hydrogens (tertiary/aromatic N) is 1. The molecule has 1 aliphatic heterocycles. The smallest absolute Gasteiger partial charge is 0.243 e. The minimum atomic E-state index is -3.33. The second-order valence-corrected chi connectivity index (χ2v) is 7.27.